The van der Waals surface area contributed by atoms with Crippen molar-refractivity contribution in [1.29, 1.82) is 0 Å². The number of halogens is 1. The van der Waals surface area contributed by atoms with Crippen LogP contribution in [0.25, 0.3) is 0 Å². The van der Waals surface area contributed by atoms with Gasteiger partial charge in [0.15, 0.2) is 0 Å². The third-order valence-electron chi connectivity index (χ3n) is 3.26. The summed E-state index contributed by atoms with van der Waals surface area (Å²) < 4.78 is 0. The van der Waals surface area contributed by atoms with E-state index in [-0.39, 0.29) is 11.5 Å². The molecule has 0 aliphatic heterocycles. The Morgan fingerprint density at radius 1 is 1.43 bits per heavy atom. The molecule has 0 saturated heterocycles. The third kappa shape index (κ3) is 1.33. The molecule has 76 valence electrons. The fourth-order valence-corrected chi connectivity index (χ4v) is 2.35. The molecular weight excluding hydrogens is 196 g/mol. The molecule has 0 amide bonds. The smallest absolute Gasteiger partial charge is 0.132 e. The van der Waals surface area contributed by atoms with Crippen molar-refractivity contribution in [2.45, 2.75) is 32.7 Å². The molecule has 0 unspecified atom stereocenters. The standard InChI is InChI=1S/C11H15ClN2/c1-6-4-5-7(10(12)14-6)8-9(13)11(8,2)3/h4-5,8-9H,13H2,1-3H3/t8-,9-/m1/s1. The number of hydrogen-bond donors (Lipinski definition) is 1. The van der Waals surface area contributed by atoms with Crippen LogP contribution in [0.3, 0.4) is 0 Å². The highest BCUT2D eigenvalue weighted by molar-refractivity contribution is 6.30. The average molecular weight is 211 g/mol. The van der Waals surface area contributed by atoms with Gasteiger partial charge in [-0.1, -0.05) is 31.5 Å². The fourth-order valence-electron chi connectivity index (χ4n) is 2.04. The van der Waals surface area contributed by atoms with E-state index >= 15 is 0 Å². The minimum atomic E-state index is 0.167. The molecule has 2 nitrogen and oxygen atoms in total. The summed E-state index contributed by atoms with van der Waals surface area (Å²) in [6, 6.07) is 4.25. The molecule has 1 saturated carbocycles. The highest BCUT2D eigenvalue weighted by Gasteiger charge is 2.56. The van der Waals surface area contributed by atoms with E-state index in [1.807, 2.05) is 19.1 Å². The summed E-state index contributed by atoms with van der Waals surface area (Å²) in [7, 11) is 0. The normalized spacial score (nSPS) is 28.9. The molecule has 0 spiro atoms. The van der Waals surface area contributed by atoms with Gasteiger partial charge in [-0.15, -0.1) is 0 Å². The minimum absolute atomic E-state index is 0.167. The van der Waals surface area contributed by atoms with Crippen LogP contribution < -0.4 is 5.73 Å². The van der Waals surface area contributed by atoms with Gasteiger partial charge in [-0.05, 0) is 24.0 Å². The van der Waals surface area contributed by atoms with E-state index in [1.54, 1.807) is 0 Å². The van der Waals surface area contributed by atoms with Gasteiger partial charge in [0.25, 0.3) is 0 Å². The number of aryl methyl sites for hydroxylation is 1. The molecule has 1 aliphatic carbocycles. The number of rotatable bonds is 1. The molecule has 3 heteroatoms. The predicted molar refractivity (Wildman–Crippen MR) is 58.5 cm³/mol. The number of hydrogen-bond acceptors (Lipinski definition) is 2. The van der Waals surface area contributed by atoms with E-state index in [0.29, 0.717) is 11.1 Å². The first-order valence-electron chi connectivity index (χ1n) is 4.83. The average Bonchev–Trinajstić information content (AvgIpc) is 2.54. The molecule has 2 N–H and O–H groups in total. The van der Waals surface area contributed by atoms with Crippen LogP contribution in [0, 0.1) is 12.3 Å². The third-order valence-corrected chi connectivity index (χ3v) is 3.57. The van der Waals surface area contributed by atoms with Gasteiger partial charge in [0.1, 0.15) is 5.15 Å². The maximum Gasteiger partial charge on any atom is 0.132 e. The first kappa shape index (κ1) is 9.94. The Kier molecular flexibility index (Phi) is 2.09. The van der Waals surface area contributed by atoms with Gasteiger partial charge < -0.3 is 5.73 Å². The lowest BCUT2D eigenvalue weighted by Crippen LogP contribution is -2.06. The minimum Gasteiger partial charge on any atom is -0.327 e. The lowest BCUT2D eigenvalue weighted by Gasteiger charge is -2.05. The summed E-state index contributed by atoms with van der Waals surface area (Å²) in [5.74, 6) is 0.364. The molecule has 1 aliphatic rings. The largest absolute Gasteiger partial charge is 0.327 e. The molecule has 0 aromatic carbocycles. The van der Waals surface area contributed by atoms with Crippen molar-refractivity contribution in [2.75, 3.05) is 0 Å². The Bertz CT molecular complexity index is 374. The molecule has 1 fully saturated rings. The van der Waals surface area contributed by atoms with Gasteiger partial charge in [0, 0.05) is 17.7 Å². The van der Waals surface area contributed by atoms with E-state index in [9.17, 15) is 0 Å². The van der Waals surface area contributed by atoms with Crippen molar-refractivity contribution in [3.05, 3.63) is 28.5 Å². The van der Waals surface area contributed by atoms with Crippen molar-refractivity contribution in [3.63, 3.8) is 0 Å². The van der Waals surface area contributed by atoms with Crippen LogP contribution in [0.15, 0.2) is 12.1 Å². The summed E-state index contributed by atoms with van der Waals surface area (Å²) in [6.07, 6.45) is 0. The lowest BCUT2D eigenvalue weighted by molar-refractivity contribution is 0.598. The molecule has 1 aromatic rings. The molecule has 1 heterocycles. The van der Waals surface area contributed by atoms with E-state index in [2.05, 4.69) is 18.8 Å². The van der Waals surface area contributed by atoms with E-state index in [0.717, 1.165) is 11.3 Å². The van der Waals surface area contributed by atoms with Crippen molar-refractivity contribution in [1.82, 2.24) is 4.98 Å². The second kappa shape index (κ2) is 2.94. The van der Waals surface area contributed by atoms with E-state index in [1.165, 1.54) is 0 Å². The van der Waals surface area contributed by atoms with Crippen molar-refractivity contribution < 1.29 is 0 Å². The van der Waals surface area contributed by atoms with Crippen molar-refractivity contribution in [2.24, 2.45) is 11.1 Å². The highest BCUT2D eigenvalue weighted by atomic mass is 35.5. The first-order valence-corrected chi connectivity index (χ1v) is 5.21. The highest BCUT2D eigenvalue weighted by Crippen LogP contribution is 2.58. The fraction of sp³-hybridized carbons (Fsp3) is 0.545. The monoisotopic (exact) mass is 210 g/mol. The summed E-state index contributed by atoms with van der Waals surface area (Å²) in [5, 5.41) is 0.607. The molecule has 0 radical (unpaired) electrons. The maximum absolute atomic E-state index is 6.09. The van der Waals surface area contributed by atoms with Crippen molar-refractivity contribution >= 4 is 11.6 Å². The van der Waals surface area contributed by atoms with Gasteiger partial charge in [-0.3, -0.25) is 0 Å². The SMILES string of the molecule is Cc1ccc([C@@H]2[C@@H](N)C2(C)C)c(Cl)n1. The topological polar surface area (TPSA) is 38.9 Å². The predicted octanol–water partition coefficient (Wildman–Crippen LogP) is 2.49. The zero-order valence-electron chi connectivity index (χ0n) is 8.71. The molecule has 14 heavy (non-hydrogen) atoms. The van der Waals surface area contributed by atoms with Gasteiger partial charge >= 0.3 is 0 Å². The Balaban J connectivity index is 2.36. The zero-order chi connectivity index (χ0) is 10.5. The van der Waals surface area contributed by atoms with Crippen LogP contribution in [0.5, 0.6) is 0 Å². The summed E-state index contributed by atoms with van der Waals surface area (Å²) in [5.41, 5.74) is 8.21. The van der Waals surface area contributed by atoms with Crippen LogP contribution in [0.2, 0.25) is 5.15 Å². The Labute approximate surface area is 89.5 Å². The zero-order valence-corrected chi connectivity index (χ0v) is 9.47. The van der Waals surface area contributed by atoms with Crippen LogP contribution in [0.4, 0.5) is 0 Å². The van der Waals surface area contributed by atoms with Crippen molar-refractivity contribution in [3.8, 4) is 0 Å². The van der Waals surface area contributed by atoms with E-state index in [4.69, 9.17) is 17.3 Å². The van der Waals surface area contributed by atoms with Crippen LogP contribution in [-0.4, -0.2) is 11.0 Å². The first-order chi connectivity index (χ1) is 6.44. The summed E-state index contributed by atoms with van der Waals surface area (Å²) in [4.78, 5) is 4.24. The Morgan fingerprint density at radius 2 is 2.00 bits per heavy atom. The van der Waals surface area contributed by atoms with Gasteiger partial charge in [0.2, 0.25) is 0 Å². The van der Waals surface area contributed by atoms with Gasteiger partial charge in [-0.25, -0.2) is 4.98 Å². The van der Waals surface area contributed by atoms with Gasteiger partial charge in [-0.2, -0.15) is 0 Å². The quantitative estimate of drug-likeness (QED) is 0.724. The number of aromatic nitrogens is 1. The van der Waals surface area contributed by atoms with E-state index < -0.39 is 0 Å². The Morgan fingerprint density at radius 3 is 2.43 bits per heavy atom. The molecule has 2 atom stereocenters. The van der Waals surface area contributed by atoms with Gasteiger partial charge in [0.05, 0.1) is 0 Å². The molecule has 2 rings (SSSR count). The summed E-state index contributed by atoms with van der Waals surface area (Å²) in [6.45, 7) is 6.27. The second-order valence-electron chi connectivity index (χ2n) is 4.66. The Hall–Kier alpha value is -0.600. The number of nitrogens with zero attached hydrogens (tertiary/aromatic N) is 1. The maximum atomic E-state index is 6.09. The summed E-state index contributed by atoms with van der Waals surface area (Å²) >= 11 is 6.09. The molecule has 1 aromatic heterocycles. The molecule has 0 bridgehead atoms. The van der Waals surface area contributed by atoms with Crippen LogP contribution in [-0.2, 0) is 0 Å². The lowest BCUT2D eigenvalue weighted by atomic mass is 10.0. The second-order valence-corrected chi connectivity index (χ2v) is 5.02. The van der Waals surface area contributed by atoms with Crippen LogP contribution >= 0.6 is 11.6 Å². The van der Waals surface area contributed by atoms with Crippen LogP contribution in [0.1, 0.15) is 31.0 Å². The number of pyridine rings is 1. The molecular formula is C11H15ClN2. The number of nitrogens with two attached hydrogens (primary N) is 1.